The quantitative estimate of drug-likeness (QED) is 0.317. The van der Waals surface area contributed by atoms with Crippen molar-refractivity contribution >= 4 is 38.3 Å². The van der Waals surface area contributed by atoms with Crippen molar-refractivity contribution in [2.75, 3.05) is 7.11 Å². The first-order chi connectivity index (χ1) is 14.6. The van der Waals surface area contributed by atoms with Crippen molar-refractivity contribution in [2.24, 2.45) is 5.10 Å². The molecule has 4 rings (SSSR count). The van der Waals surface area contributed by atoms with Gasteiger partial charge in [-0.25, -0.2) is 5.43 Å². The van der Waals surface area contributed by atoms with Crippen molar-refractivity contribution in [3.05, 3.63) is 82.5 Å². The van der Waals surface area contributed by atoms with Crippen molar-refractivity contribution in [1.29, 1.82) is 0 Å². The molecule has 3 aromatic carbocycles. The maximum absolute atomic E-state index is 12.6. The number of amides is 1. The Morgan fingerprint density at radius 1 is 1.10 bits per heavy atom. The molecular formula is C23H19BrN4O2. The molecule has 2 N–H and O–H groups in total. The number of carbonyl (C=O) groups is 1. The summed E-state index contributed by atoms with van der Waals surface area (Å²) in [6.45, 7) is 1.84. The minimum atomic E-state index is -0.371. The van der Waals surface area contributed by atoms with Crippen LogP contribution >= 0.6 is 15.9 Å². The van der Waals surface area contributed by atoms with Gasteiger partial charge >= 0.3 is 0 Å². The summed E-state index contributed by atoms with van der Waals surface area (Å²) in [6.07, 6.45) is 0. The molecule has 0 fully saturated rings. The van der Waals surface area contributed by atoms with E-state index in [1.165, 1.54) is 0 Å². The number of fused-ring (bicyclic) bond motifs is 1. The van der Waals surface area contributed by atoms with E-state index >= 15 is 0 Å². The molecule has 0 spiro atoms. The van der Waals surface area contributed by atoms with E-state index in [9.17, 15) is 4.79 Å². The lowest BCUT2D eigenvalue weighted by Crippen LogP contribution is -2.19. The average molecular weight is 463 g/mol. The molecule has 0 radical (unpaired) electrons. The molecule has 6 nitrogen and oxygen atoms in total. The van der Waals surface area contributed by atoms with E-state index in [1.54, 1.807) is 13.2 Å². The van der Waals surface area contributed by atoms with Crippen LogP contribution in [0, 0.1) is 0 Å². The summed E-state index contributed by atoms with van der Waals surface area (Å²) in [5.74, 6) is 0.320. The Bertz CT molecular complexity index is 1250. The Kier molecular flexibility index (Phi) is 5.63. The fraction of sp³-hybridized carbons (Fsp3) is 0.0870. The van der Waals surface area contributed by atoms with Gasteiger partial charge in [0.2, 0.25) is 0 Å². The highest BCUT2D eigenvalue weighted by atomic mass is 79.9. The summed E-state index contributed by atoms with van der Waals surface area (Å²) in [5.41, 5.74) is 5.97. The number of H-pyrrole nitrogens is 1. The summed E-state index contributed by atoms with van der Waals surface area (Å²) in [7, 11) is 1.62. The molecule has 4 aromatic rings. The summed E-state index contributed by atoms with van der Waals surface area (Å²) < 4.78 is 6.52. The van der Waals surface area contributed by atoms with Crippen LogP contribution in [0.3, 0.4) is 0 Å². The van der Waals surface area contributed by atoms with Gasteiger partial charge in [0.05, 0.1) is 24.1 Å². The largest absolute Gasteiger partial charge is 0.496 e. The van der Waals surface area contributed by atoms with Gasteiger partial charge in [-0.15, -0.1) is 0 Å². The number of nitrogens with zero attached hydrogens (tertiary/aromatic N) is 2. The van der Waals surface area contributed by atoms with Crippen LogP contribution < -0.4 is 10.2 Å². The van der Waals surface area contributed by atoms with Gasteiger partial charge < -0.3 is 4.74 Å². The molecule has 150 valence electrons. The number of nitrogens with one attached hydrogen (secondary N) is 2. The monoisotopic (exact) mass is 462 g/mol. The predicted molar refractivity (Wildman–Crippen MR) is 122 cm³/mol. The van der Waals surface area contributed by atoms with Crippen molar-refractivity contribution in [1.82, 2.24) is 15.6 Å². The first-order valence-electron chi connectivity index (χ1n) is 9.29. The minimum absolute atomic E-state index is 0.312. The first kappa shape index (κ1) is 19.8. The van der Waals surface area contributed by atoms with Gasteiger partial charge in [0.1, 0.15) is 11.4 Å². The smallest absolute Gasteiger partial charge is 0.289 e. The third-order valence-electron chi connectivity index (χ3n) is 4.78. The zero-order valence-corrected chi connectivity index (χ0v) is 18.0. The number of hydrogen-bond donors (Lipinski definition) is 2. The summed E-state index contributed by atoms with van der Waals surface area (Å²) in [4.78, 5) is 12.6. The molecule has 0 unspecified atom stereocenters. The molecule has 0 saturated carbocycles. The highest BCUT2D eigenvalue weighted by molar-refractivity contribution is 9.10. The molecule has 0 aliphatic carbocycles. The number of aromatic nitrogens is 2. The second-order valence-electron chi connectivity index (χ2n) is 6.68. The van der Waals surface area contributed by atoms with Crippen molar-refractivity contribution in [3.8, 4) is 17.0 Å². The SMILES string of the molecule is COc1ccc2ccccc2c1-c1cc(C(=O)N/N=C(/C)c2ccc(Br)cc2)[nH]n1. The van der Waals surface area contributed by atoms with E-state index in [0.717, 1.165) is 26.4 Å². The number of halogens is 1. The molecule has 1 heterocycles. The minimum Gasteiger partial charge on any atom is -0.496 e. The maximum Gasteiger partial charge on any atom is 0.289 e. The van der Waals surface area contributed by atoms with E-state index in [-0.39, 0.29) is 5.91 Å². The van der Waals surface area contributed by atoms with Gasteiger partial charge in [-0.05, 0) is 47.5 Å². The fourth-order valence-electron chi connectivity index (χ4n) is 3.20. The van der Waals surface area contributed by atoms with Crippen LogP contribution in [-0.2, 0) is 0 Å². The second kappa shape index (κ2) is 8.51. The molecule has 0 aliphatic heterocycles. The second-order valence-corrected chi connectivity index (χ2v) is 7.59. The van der Waals surface area contributed by atoms with Crippen LogP contribution in [-0.4, -0.2) is 28.9 Å². The van der Waals surface area contributed by atoms with Crippen LogP contribution in [0.25, 0.3) is 22.0 Å². The molecule has 1 amide bonds. The van der Waals surface area contributed by atoms with Gasteiger partial charge in [-0.3, -0.25) is 9.89 Å². The highest BCUT2D eigenvalue weighted by Gasteiger charge is 2.16. The fourth-order valence-corrected chi connectivity index (χ4v) is 3.47. The number of hydrogen-bond acceptors (Lipinski definition) is 4. The number of rotatable bonds is 5. The van der Waals surface area contributed by atoms with Crippen LogP contribution in [0.15, 0.2) is 76.3 Å². The van der Waals surface area contributed by atoms with Crippen LogP contribution in [0.2, 0.25) is 0 Å². The number of hydrazone groups is 1. The lowest BCUT2D eigenvalue weighted by Gasteiger charge is -2.09. The van der Waals surface area contributed by atoms with E-state index in [0.29, 0.717) is 22.8 Å². The van der Waals surface area contributed by atoms with E-state index in [2.05, 4.69) is 36.7 Å². The molecule has 0 atom stereocenters. The standard InChI is InChI=1S/C23H19BrN4O2/c1-14(15-7-10-17(24)11-8-15)25-28-23(29)20-13-19(26-27-20)22-18-6-4-3-5-16(18)9-12-21(22)30-2/h3-13H,1-2H3,(H,26,27)(H,28,29)/b25-14-. The van der Waals surface area contributed by atoms with Crippen LogP contribution in [0.4, 0.5) is 0 Å². The number of benzene rings is 3. The molecule has 30 heavy (non-hydrogen) atoms. The van der Waals surface area contributed by atoms with Crippen molar-refractivity contribution in [2.45, 2.75) is 6.92 Å². The Morgan fingerprint density at radius 2 is 1.87 bits per heavy atom. The van der Waals surface area contributed by atoms with Gasteiger partial charge in [-0.2, -0.15) is 10.2 Å². The van der Waals surface area contributed by atoms with Gasteiger partial charge in [0.25, 0.3) is 5.91 Å². The van der Waals surface area contributed by atoms with E-state index < -0.39 is 0 Å². The molecule has 0 saturated heterocycles. The first-order valence-corrected chi connectivity index (χ1v) is 10.1. The third-order valence-corrected chi connectivity index (χ3v) is 5.31. The number of methoxy groups -OCH3 is 1. The zero-order valence-electron chi connectivity index (χ0n) is 16.4. The molecule has 1 aromatic heterocycles. The van der Waals surface area contributed by atoms with Crippen molar-refractivity contribution < 1.29 is 9.53 Å². The molecule has 7 heteroatoms. The Hall–Kier alpha value is -3.45. The average Bonchev–Trinajstić information content (AvgIpc) is 3.26. The molecular weight excluding hydrogens is 444 g/mol. The predicted octanol–water partition coefficient (Wildman–Crippen LogP) is 5.16. The molecule has 0 aliphatic rings. The summed E-state index contributed by atoms with van der Waals surface area (Å²) in [6, 6.07) is 21.3. The lowest BCUT2D eigenvalue weighted by molar-refractivity contribution is 0.0950. The zero-order chi connectivity index (χ0) is 21.1. The topological polar surface area (TPSA) is 79.4 Å². The number of aromatic amines is 1. The van der Waals surface area contributed by atoms with E-state index in [4.69, 9.17) is 4.74 Å². The Labute approximate surface area is 182 Å². The van der Waals surface area contributed by atoms with E-state index in [1.807, 2.05) is 67.6 Å². The van der Waals surface area contributed by atoms with Crippen LogP contribution in [0.1, 0.15) is 23.0 Å². The number of carbonyl (C=O) groups excluding carboxylic acids is 1. The third kappa shape index (κ3) is 3.97. The Morgan fingerprint density at radius 3 is 2.63 bits per heavy atom. The van der Waals surface area contributed by atoms with Gasteiger partial charge in [-0.1, -0.05) is 58.4 Å². The lowest BCUT2D eigenvalue weighted by atomic mass is 10.0. The number of ether oxygens (including phenoxy) is 1. The molecule has 0 bridgehead atoms. The summed E-state index contributed by atoms with van der Waals surface area (Å²) >= 11 is 3.40. The normalized spacial score (nSPS) is 11.5. The maximum atomic E-state index is 12.6. The van der Waals surface area contributed by atoms with Crippen molar-refractivity contribution in [3.63, 3.8) is 0 Å². The van der Waals surface area contributed by atoms with Gasteiger partial charge in [0.15, 0.2) is 0 Å². The Balaban J connectivity index is 1.60. The van der Waals surface area contributed by atoms with Crippen LogP contribution in [0.5, 0.6) is 5.75 Å². The summed E-state index contributed by atoms with van der Waals surface area (Å²) in [5, 5.41) is 13.4. The van der Waals surface area contributed by atoms with Gasteiger partial charge in [0, 0.05) is 4.47 Å². The highest BCUT2D eigenvalue weighted by Crippen LogP contribution is 2.36.